The lowest BCUT2D eigenvalue weighted by atomic mass is 10.7. The maximum absolute atomic E-state index is 5.30. The molecule has 9 heteroatoms. The summed E-state index contributed by atoms with van der Waals surface area (Å²) >= 11 is 1.31. The fraction of sp³-hybridized carbons (Fsp3) is 0.500. The number of ether oxygens (including phenoxy) is 1. The summed E-state index contributed by atoms with van der Waals surface area (Å²) in [6.07, 6.45) is 0. The van der Waals surface area contributed by atoms with E-state index in [1.807, 2.05) is 25.5 Å². The summed E-state index contributed by atoms with van der Waals surface area (Å²) < 4.78 is 7.17. The maximum atomic E-state index is 5.30. The van der Waals surface area contributed by atoms with Crippen molar-refractivity contribution in [2.75, 3.05) is 19.0 Å². The summed E-state index contributed by atoms with van der Waals surface area (Å²) in [5.74, 6) is 1.29. The minimum atomic E-state index is 0.295. The Morgan fingerprint density at radius 1 is 1.26 bits per heavy atom. The fourth-order valence-electron chi connectivity index (χ4n) is 1.25. The van der Waals surface area contributed by atoms with E-state index in [0.717, 1.165) is 5.82 Å². The maximum Gasteiger partial charge on any atom is 0.322 e. The van der Waals surface area contributed by atoms with Crippen LogP contribution in [-0.2, 0) is 7.05 Å². The standard InChI is InChI=1S/C10H15N7OS/c1-5-18-8-12-7(11-3)13-9(14-8)19-10-16-15-6(2)17(10)4/h5H2,1-4H3,(H,11,12,13,14). The van der Waals surface area contributed by atoms with Gasteiger partial charge in [-0.05, 0) is 25.6 Å². The molecular formula is C10H15N7OS. The molecule has 1 N–H and O–H groups in total. The second-order valence-corrected chi connectivity index (χ2v) is 4.53. The second-order valence-electron chi connectivity index (χ2n) is 3.60. The molecule has 0 aliphatic rings. The summed E-state index contributed by atoms with van der Waals surface area (Å²) in [6, 6.07) is 0.295. The third-order valence-corrected chi connectivity index (χ3v) is 3.23. The number of nitrogens with zero attached hydrogens (tertiary/aromatic N) is 6. The molecular weight excluding hydrogens is 266 g/mol. The van der Waals surface area contributed by atoms with Crippen LogP contribution in [0.5, 0.6) is 6.01 Å². The van der Waals surface area contributed by atoms with Gasteiger partial charge in [0.25, 0.3) is 0 Å². The molecule has 0 atom stereocenters. The molecule has 0 aromatic carbocycles. The van der Waals surface area contributed by atoms with Crippen LogP contribution in [-0.4, -0.2) is 43.4 Å². The van der Waals surface area contributed by atoms with Gasteiger partial charge in [0, 0.05) is 14.1 Å². The van der Waals surface area contributed by atoms with E-state index in [1.54, 1.807) is 7.05 Å². The smallest absolute Gasteiger partial charge is 0.322 e. The third kappa shape index (κ3) is 3.11. The lowest BCUT2D eigenvalue weighted by Crippen LogP contribution is -2.05. The topological polar surface area (TPSA) is 90.6 Å². The van der Waals surface area contributed by atoms with E-state index >= 15 is 0 Å². The molecule has 102 valence electrons. The Hall–Kier alpha value is -1.90. The van der Waals surface area contributed by atoms with Crippen molar-refractivity contribution in [3.8, 4) is 6.01 Å². The van der Waals surface area contributed by atoms with Crippen LogP contribution in [0.3, 0.4) is 0 Å². The first-order valence-corrected chi connectivity index (χ1v) is 6.56. The monoisotopic (exact) mass is 281 g/mol. The Bertz CT molecular complexity index is 571. The summed E-state index contributed by atoms with van der Waals surface area (Å²) in [5.41, 5.74) is 0. The van der Waals surface area contributed by atoms with Gasteiger partial charge in [-0.1, -0.05) is 0 Å². The highest BCUT2D eigenvalue weighted by Gasteiger charge is 2.12. The fourth-order valence-corrected chi connectivity index (χ4v) is 2.02. The van der Waals surface area contributed by atoms with Crippen LogP contribution in [0.1, 0.15) is 12.7 Å². The highest BCUT2D eigenvalue weighted by molar-refractivity contribution is 7.99. The Balaban J connectivity index is 2.28. The van der Waals surface area contributed by atoms with Crippen molar-refractivity contribution in [2.24, 2.45) is 7.05 Å². The third-order valence-electron chi connectivity index (χ3n) is 2.33. The van der Waals surface area contributed by atoms with Crippen molar-refractivity contribution in [2.45, 2.75) is 24.2 Å². The summed E-state index contributed by atoms with van der Waals surface area (Å²) in [5, 5.41) is 12.1. The lowest BCUT2D eigenvalue weighted by molar-refractivity contribution is 0.308. The van der Waals surface area contributed by atoms with Crippen LogP contribution in [0.4, 0.5) is 5.95 Å². The van der Waals surface area contributed by atoms with Crippen molar-refractivity contribution in [3.63, 3.8) is 0 Å². The van der Waals surface area contributed by atoms with E-state index in [2.05, 4.69) is 30.5 Å². The molecule has 0 unspecified atom stereocenters. The molecule has 8 nitrogen and oxygen atoms in total. The van der Waals surface area contributed by atoms with Crippen molar-refractivity contribution in [1.29, 1.82) is 0 Å². The zero-order valence-corrected chi connectivity index (χ0v) is 12.0. The Labute approximate surface area is 115 Å². The zero-order chi connectivity index (χ0) is 13.8. The van der Waals surface area contributed by atoms with Gasteiger partial charge >= 0.3 is 6.01 Å². The highest BCUT2D eigenvalue weighted by Crippen LogP contribution is 2.24. The molecule has 0 spiro atoms. The molecule has 0 radical (unpaired) electrons. The van der Waals surface area contributed by atoms with Gasteiger partial charge < -0.3 is 14.6 Å². The van der Waals surface area contributed by atoms with Gasteiger partial charge in [-0.25, -0.2) is 0 Å². The minimum absolute atomic E-state index is 0.295. The van der Waals surface area contributed by atoms with Crippen LogP contribution in [0.15, 0.2) is 10.3 Å². The van der Waals surface area contributed by atoms with Crippen molar-refractivity contribution >= 4 is 17.7 Å². The SMILES string of the molecule is CCOc1nc(NC)nc(Sc2nnc(C)n2C)n1. The van der Waals surface area contributed by atoms with E-state index in [0.29, 0.717) is 28.9 Å². The molecule has 0 aliphatic heterocycles. The molecule has 0 aliphatic carbocycles. The number of hydrogen-bond donors (Lipinski definition) is 1. The first-order valence-electron chi connectivity index (χ1n) is 5.74. The lowest BCUT2D eigenvalue weighted by Gasteiger charge is -2.06. The van der Waals surface area contributed by atoms with Crippen molar-refractivity contribution < 1.29 is 4.74 Å². The first kappa shape index (κ1) is 13.5. The van der Waals surface area contributed by atoms with Gasteiger partial charge in [0.2, 0.25) is 11.1 Å². The molecule has 0 saturated heterocycles. The predicted molar refractivity (Wildman–Crippen MR) is 70.4 cm³/mol. The number of anilines is 1. The molecule has 19 heavy (non-hydrogen) atoms. The molecule has 2 rings (SSSR count). The second kappa shape index (κ2) is 5.83. The average Bonchev–Trinajstić information content (AvgIpc) is 2.71. The van der Waals surface area contributed by atoms with E-state index in [-0.39, 0.29) is 0 Å². The molecule has 2 heterocycles. The molecule has 0 saturated carbocycles. The largest absolute Gasteiger partial charge is 0.464 e. The van der Waals surface area contributed by atoms with Gasteiger partial charge in [0.15, 0.2) is 5.16 Å². The first-order chi connectivity index (χ1) is 9.13. The normalized spacial score (nSPS) is 10.5. The summed E-state index contributed by atoms with van der Waals surface area (Å²) in [4.78, 5) is 12.6. The highest BCUT2D eigenvalue weighted by atomic mass is 32.2. The van der Waals surface area contributed by atoms with Crippen LogP contribution < -0.4 is 10.1 Å². The summed E-state index contributed by atoms with van der Waals surface area (Å²) in [7, 11) is 3.63. The number of nitrogens with one attached hydrogen (secondary N) is 1. The van der Waals surface area contributed by atoms with Crippen LogP contribution in [0, 0.1) is 6.92 Å². The van der Waals surface area contributed by atoms with Gasteiger partial charge in [0.1, 0.15) is 5.82 Å². The number of hydrogen-bond acceptors (Lipinski definition) is 8. The van der Waals surface area contributed by atoms with Crippen LogP contribution >= 0.6 is 11.8 Å². The summed E-state index contributed by atoms with van der Waals surface area (Å²) in [6.45, 7) is 4.26. The zero-order valence-electron chi connectivity index (χ0n) is 11.2. The van der Waals surface area contributed by atoms with E-state index in [1.165, 1.54) is 11.8 Å². The number of aromatic nitrogens is 6. The Kier molecular flexibility index (Phi) is 4.15. The predicted octanol–water partition coefficient (Wildman–Crippen LogP) is 0.900. The van der Waals surface area contributed by atoms with Gasteiger partial charge in [-0.3, -0.25) is 0 Å². The van der Waals surface area contributed by atoms with Gasteiger partial charge in [-0.2, -0.15) is 15.0 Å². The number of aryl methyl sites for hydroxylation is 1. The van der Waals surface area contributed by atoms with Crippen LogP contribution in [0.2, 0.25) is 0 Å². The molecule has 2 aromatic heterocycles. The van der Waals surface area contributed by atoms with Gasteiger partial charge in [0.05, 0.1) is 6.61 Å². The molecule has 0 bridgehead atoms. The van der Waals surface area contributed by atoms with E-state index < -0.39 is 0 Å². The molecule has 0 amide bonds. The number of rotatable bonds is 5. The Morgan fingerprint density at radius 3 is 2.63 bits per heavy atom. The quantitative estimate of drug-likeness (QED) is 0.864. The molecule has 2 aromatic rings. The van der Waals surface area contributed by atoms with Gasteiger partial charge in [-0.15, -0.1) is 10.2 Å². The Morgan fingerprint density at radius 2 is 2.05 bits per heavy atom. The minimum Gasteiger partial charge on any atom is -0.464 e. The van der Waals surface area contributed by atoms with Crippen molar-refractivity contribution in [3.05, 3.63) is 5.82 Å². The van der Waals surface area contributed by atoms with E-state index in [9.17, 15) is 0 Å². The van der Waals surface area contributed by atoms with Crippen LogP contribution in [0.25, 0.3) is 0 Å². The van der Waals surface area contributed by atoms with Crippen molar-refractivity contribution in [1.82, 2.24) is 29.7 Å². The average molecular weight is 281 g/mol. The van der Waals surface area contributed by atoms with E-state index in [4.69, 9.17) is 4.74 Å². The molecule has 0 fully saturated rings.